The van der Waals surface area contributed by atoms with Crippen LogP contribution in [0.5, 0.6) is 5.75 Å². The van der Waals surface area contributed by atoms with Crippen LogP contribution in [-0.4, -0.2) is 26.7 Å². The van der Waals surface area contributed by atoms with E-state index in [1.807, 2.05) is 6.07 Å². The Morgan fingerprint density at radius 2 is 2.27 bits per heavy atom. The molecule has 0 radical (unpaired) electrons. The third-order valence-corrected chi connectivity index (χ3v) is 3.24. The van der Waals surface area contributed by atoms with Crippen molar-refractivity contribution in [1.82, 2.24) is 10.6 Å². The fourth-order valence-corrected chi connectivity index (χ4v) is 2.35. The average molecular weight is 271 g/mol. The number of piperazine rings is 1. The van der Waals surface area contributed by atoms with E-state index in [1.54, 1.807) is 7.11 Å². The molecule has 2 rings (SSSR count). The number of benzene rings is 1. The summed E-state index contributed by atoms with van der Waals surface area (Å²) in [5.41, 5.74) is 1.29. The number of methoxy groups -OCH3 is 1. The molecule has 2 N–H and O–H groups in total. The molecular formula is C11H15BrN2O. The van der Waals surface area contributed by atoms with Crippen LogP contribution < -0.4 is 15.4 Å². The molecule has 1 heterocycles. The molecule has 1 aliphatic heterocycles. The largest absolute Gasteiger partial charge is 0.496 e. The van der Waals surface area contributed by atoms with Gasteiger partial charge in [0.2, 0.25) is 0 Å². The highest BCUT2D eigenvalue weighted by Gasteiger charge is 2.15. The highest BCUT2D eigenvalue weighted by molar-refractivity contribution is 9.10. The smallest absolute Gasteiger partial charge is 0.133 e. The van der Waals surface area contributed by atoms with Crippen LogP contribution in [0.3, 0.4) is 0 Å². The standard InChI is InChI=1S/C11H15BrN2O/c1-15-11-3-2-8(6-9(11)12)10-7-13-4-5-14-10/h2-3,6,10,13-14H,4-5,7H2,1H3. The SMILES string of the molecule is COc1ccc(C2CNCCN2)cc1Br. The molecule has 1 aromatic carbocycles. The van der Waals surface area contributed by atoms with E-state index in [0.29, 0.717) is 6.04 Å². The Morgan fingerprint density at radius 3 is 2.87 bits per heavy atom. The van der Waals surface area contributed by atoms with Gasteiger partial charge in [-0.2, -0.15) is 0 Å². The predicted molar refractivity (Wildman–Crippen MR) is 64.3 cm³/mol. The molecule has 0 aliphatic carbocycles. The van der Waals surface area contributed by atoms with E-state index < -0.39 is 0 Å². The molecule has 15 heavy (non-hydrogen) atoms. The first kappa shape index (κ1) is 10.9. The second-order valence-corrected chi connectivity index (χ2v) is 4.46. The zero-order valence-corrected chi connectivity index (χ0v) is 10.3. The summed E-state index contributed by atoms with van der Waals surface area (Å²) in [6.07, 6.45) is 0. The van der Waals surface area contributed by atoms with Crippen LogP contribution in [0.25, 0.3) is 0 Å². The minimum Gasteiger partial charge on any atom is -0.496 e. The summed E-state index contributed by atoms with van der Waals surface area (Å²) >= 11 is 3.50. The molecule has 0 bridgehead atoms. The first-order valence-electron chi connectivity index (χ1n) is 5.09. The topological polar surface area (TPSA) is 33.3 Å². The Labute approximate surface area is 98.3 Å². The van der Waals surface area contributed by atoms with Gasteiger partial charge in [0.15, 0.2) is 0 Å². The van der Waals surface area contributed by atoms with Gasteiger partial charge in [0.05, 0.1) is 11.6 Å². The van der Waals surface area contributed by atoms with Gasteiger partial charge >= 0.3 is 0 Å². The van der Waals surface area contributed by atoms with E-state index in [-0.39, 0.29) is 0 Å². The van der Waals surface area contributed by atoms with Crippen LogP contribution in [0.2, 0.25) is 0 Å². The molecular weight excluding hydrogens is 256 g/mol. The molecule has 3 nitrogen and oxygen atoms in total. The number of nitrogens with one attached hydrogen (secondary N) is 2. The summed E-state index contributed by atoms with van der Waals surface area (Å²) in [5, 5.41) is 6.85. The number of halogens is 1. The molecule has 0 amide bonds. The van der Waals surface area contributed by atoms with Crippen molar-refractivity contribution in [3.8, 4) is 5.75 Å². The Kier molecular flexibility index (Phi) is 3.61. The molecule has 0 spiro atoms. The minimum absolute atomic E-state index is 0.404. The van der Waals surface area contributed by atoms with Crippen LogP contribution in [0.4, 0.5) is 0 Å². The van der Waals surface area contributed by atoms with E-state index >= 15 is 0 Å². The Bertz CT molecular complexity index is 337. The summed E-state index contributed by atoms with van der Waals surface area (Å²) in [7, 11) is 1.68. The lowest BCUT2D eigenvalue weighted by atomic mass is 10.1. The summed E-state index contributed by atoms with van der Waals surface area (Å²) in [4.78, 5) is 0. The van der Waals surface area contributed by atoms with Crippen LogP contribution in [0.15, 0.2) is 22.7 Å². The van der Waals surface area contributed by atoms with E-state index in [1.165, 1.54) is 5.56 Å². The van der Waals surface area contributed by atoms with Crippen molar-refractivity contribution in [2.45, 2.75) is 6.04 Å². The van der Waals surface area contributed by atoms with Crippen molar-refractivity contribution < 1.29 is 4.74 Å². The van der Waals surface area contributed by atoms with Crippen LogP contribution in [0, 0.1) is 0 Å². The maximum Gasteiger partial charge on any atom is 0.133 e. The van der Waals surface area contributed by atoms with Gasteiger partial charge in [0.25, 0.3) is 0 Å². The lowest BCUT2D eigenvalue weighted by Gasteiger charge is -2.25. The fraction of sp³-hybridized carbons (Fsp3) is 0.455. The number of hydrogen-bond acceptors (Lipinski definition) is 3. The average Bonchev–Trinajstić information content (AvgIpc) is 2.30. The molecule has 1 aromatic rings. The van der Waals surface area contributed by atoms with Gasteiger partial charge in [-0.3, -0.25) is 0 Å². The van der Waals surface area contributed by atoms with Gasteiger partial charge < -0.3 is 15.4 Å². The highest BCUT2D eigenvalue weighted by Crippen LogP contribution is 2.28. The van der Waals surface area contributed by atoms with Gasteiger partial charge in [-0.1, -0.05) is 6.07 Å². The van der Waals surface area contributed by atoms with E-state index in [4.69, 9.17) is 4.74 Å². The van der Waals surface area contributed by atoms with E-state index in [9.17, 15) is 0 Å². The van der Waals surface area contributed by atoms with Gasteiger partial charge in [0.1, 0.15) is 5.75 Å². The second-order valence-electron chi connectivity index (χ2n) is 3.60. The Balaban J connectivity index is 2.17. The third kappa shape index (κ3) is 2.51. The Morgan fingerprint density at radius 1 is 1.40 bits per heavy atom. The normalized spacial score (nSPS) is 21.3. The van der Waals surface area contributed by atoms with Crippen molar-refractivity contribution in [1.29, 1.82) is 0 Å². The second kappa shape index (κ2) is 4.96. The molecule has 4 heteroatoms. The molecule has 1 saturated heterocycles. The lowest BCUT2D eigenvalue weighted by molar-refractivity contribution is 0.409. The van der Waals surface area contributed by atoms with Crippen LogP contribution in [0.1, 0.15) is 11.6 Å². The molecule has 0 aromatic heterocycles. The first-order valence-corrected chi connectivity index (χ1v) is 5.88. The van der Waals surface area contributed by atoms with Crippen molar-refractivity contribution in [2.75, 3.05) is 26.7 Å². The zero-order valence-electron chi connectivity index (χ0n) is 8.72. The third-order valence-electron chi connectivity index (χ3n) is 2.62. The number of rotatable bonds is 2. The van der Waals surface area contributed by atoms with Crippen LogP contribution in [-0.2, 0) is 0 Å². The van der Waals surface area contributed by atoms with Gasteiger partial charge in [-0.25, -0.2) is 0 Å². The monoisotopic (exact) mass is 270 g/mol. The Hall–Kier alpha value is -0.580. The van der Waals surface area contributed by atoms with Crippen LogP contribution >= 0.6 is 15.9 Å². The minimum atomic E-state index is 0.404. The lowest BCUT2D eigenvalue weighted by Crippen LogP contribution is -2.42. The molecule has 0 saturated carbocycles. The van der Waals surface area contributed by atoms with Gasteiger partial charge in [0, 0.05) is 25.7 Å². The summed E-state index contributed by atoms with van der Waals surface area (Å²) in [6, 6.07) is 6.62. The van der Waals surface area contributed by atoms with Crippen molar-refractivity contribution in [2.24, 2.45) is 0 Å². The predicted octanol–water partition coefficient (Wildman–Crippen LogP) is 1.69. The van der Waals surface area contributed by atoms with Crippen molar-refractivity contribution in [3.05, 3.63) is 28.2 Å². The zero-order chi connectivity index (χ0) is 10.7. The maximum absolute atomic E-state index is 5.20. The highest BCUT2D eigenvalue weighted by atomic mass is 79.9. The maximum atomic E-state index is 5.20. The summed E-state index contributed by atoms with van der Waals surface area (Å²) in [5.74, 6) is 0.877. The molecule has 1 unspecified atom stereocenters. The van der Waals surface area contributed by atoms with Crippen molar-refractivity contribution in [3.63, 3.8) is 0 Å². The molecule has 82 valence electrons. The summed E-state index contributed by atoms with van der Waals surface area (Å²) in [6.45, 7) is 3.06. The summed E-state index contributed by atoms with van der Waals surface area (Å²) < 4.78 is 6.21. The first-order chi connectivity index (χ1) is 7.31. The molecule has 1 atom stereocenters. The van der Waals surface area contributed by atoms with E-state index in [2.05, 4.69) is 38.7 Å². The number of ether oxygens (including phenoxy) is 1. The van der Waals surface area contributed by atoms with E-state index in [0.717, 1.165) is 29.9 Å². The number of hydrogen-bond donors (Lipinski definition) is 2. The van der Waals surface area contributed by atoms with Crippen molar-refractivity contribution >= 4 is 15.9 Å². The fourth-order valence-electron chi connectivity index (χ4n) is 1.79. The molecule has 1 fully saturated rings. The van der Waals surface area contributed by atoms with Gasteiger partial charge in [-0.15, -0.1) is 0 Å². The quantitative estimate of drug-likeness (QED) is 0.858. The van der Waals surface area contributed by atoms with Gasteiger partial charge in [-0.05, 0) is 33.6 Å². The molecule has 1 aliphatic rings.